The smallest absolute Gasteiger partial charge is 0.0206 e. The van der Waals surface area contributed by atoms with Gasteiger partial charge in [0.25, 0.3) is 0 Å². The molecule has 2 aromatic rings. The van der Waals surface area contributed by atoms with Gasteiger partial charge in [0.1, 0.15) is 0 Å². The Bertz CT molecular complexity index is 2100. The molecule has 0 aliphatic heterocycles. The van der Waals surface area contributed by atoms with Gasteiger partial charge in [0.2, 0.25) is 0 Å². The van der Waals surface area contributed by atoms with E-state index in [2.05, 4.69) is 152 Å². The summed E-state index contributed by atoms with van der Waals surface area (Å²) in [6.07, 6.45) is 33.6. The van der Waals surface area contributed by atoms with Crippen molar-refractivity contribution in [3.8, 4) is 11.1 Å². The summed E-state index contributed by atoms with van der Waals surface area (Å²) in [4.78, 5) is 0. The average molecular weight is 669 g/mol. The van der Waals surface area contributed by atoms with E-state index in [9.17, 15) is 0 Å². The molecule has 0 spiro atoms. The van der Waals surface area contributed by atoms with Crippen LogP contribution in [0.5, 0.6) is 0 Å². The number of allylic oxidation sites excluding steroid dienone is 20. The van der Waals surface area contributed by atoms with Crippen LogP contribution in [0, 0.1) is 17.3 Å². The summed E-state index contributed by atoms with van der Waals surface area (Å²) >= 11 is 0. The third kappa shape index (κ3) is 5.56. The molecule has 1 saturated carbocycles. The molecule has 51 heavy (non-hydrogen) atoms. The zero-order valence-corrected chi connectivity index (χ0v) is 32.1. The molecule has 260 valence electrons. The van der Waals surface area contributed by atoms with Crippen LogP contribution in [0.3, 0.4) is 0 Å². The molecule has 1 fully saturated rings. The Kier molecular flexibility index (Phi) is 8.73. The first-order valence-electron chi connectivity index (χ1n) is 20.0. The summed E-state index contributed by atoms with van der Waals surface area (Å²) < 4.78 is 0. The summed E-state index contributed by atoms with van der Waals surface area (Å²) in [6, 6.07) is 16.6. The van der Waals surface area contributed by atoms with E-state index in [1.165, 1.54) is 55.7 Å². The average Bonchev–Trinajstić information content (AvgIpc) is 3.76. The first kappa shape index (κ1) is 34.0. The third-order valence-corrected chi connectivity index (χ3v) is 13.2. The molecule has 0 N–H and O–H groups in total. The van der Waals surface area contributed by atoms with Gasteiger partial charge in [0, 0.05) is 17.3 Å². The SMILES string of the molecule is C/C=C1\C(=C/CC)c2ccc(-c3cccc(C4=CCCC(C5=CC=C6C7=CC=C(C(C)(C)C)CC7C7=CCC=C7C6C5)=C4)c3)cc2C1(CC)CC. The lowest BCUT2D eigenvalue weighted by atomic mass is 9.61. The molecule has 0 heterocycles. The predicted molar refractivity (Wildman–Crippen MR) is 220 cm³/mol. The Morgan fingerprint density at radius 2 is 1.45 bits per heavy atom. The zero-order chi connectivity index (χ0) is 35.5. The van der Waals surface area contributed by atoms with Crippen molar-refractivity contribution in [3.63, 3.8) is 0 Å². The highest BCUT2D eigenvalue weighted by molar-refractivity contribution is 5.91. The highest BCUT2D eigenvalue weighted by Gasteiger charge is 2.43. The summed E-state index contributed by atoms with van der Waals surface area (Å²) in [5.41, 5.74) is 22.6. The van der Waals surface area contributed by atoms with E-state index >= 15 is 0 Å². The number of hydrogen-bond acceptors (Lipinski definition) is 0. The molecule has 2 aromatic carbocycles. The van der Waals surface area contributed by atoms with Crippen molar-refractivity contribution in [1.29, 1.82) is 0 Å². The lowest BCUT2D eigenvalue weighted by molar-refractivity contribution is 0.453. The van der Waals surface area contributed by atoms with E-state index in [-0.39, 0.29) is 10.8 Å². The van der Waals surface area contributed by atoms with Gasteiger partial charge in [-0.15, -0.1) is 0 Å². The summed E-state index contributed by atoms with van der Waals surface area (Å²) in [6.45, 7) is 16.3. The van der Waals surface area contributed by atoms with Crippen molar-refractivity contribution < 1.29 is 0 Å². The van der Waals surface area contributed by atoms with Crippen molar-refractivity contribution in [2.24, 2.45) is 17.3 Å². The van der Waals surface area contributed by atoms with Crippen LogP contribution in [0.1, 0.15) is 117 Å². The van der Waals surface area contributed by atoms with E-state index in [0.717, 1.165) is 51.4 Å². The Morgan fingerprint density at radius 3 is 2.16 bits per heavy atom. The molecular formula is C51H56. The molecule has 0 amide bonds. The van der Waals surface area contributed by atoms with Crippen LogP contribution in [-0.4, -0.2) is 0 Å². The van der Waals surface area contributed by atoms with Gasteiger partial charge in [0.05, 0.1) is 0 Å². The maximum absolute atomic E-state index is 2.54. The molecule has 6 aliphatic carbocycles. The van der Waals surface area contributed by atoms with Crippen LogP contribution in [0.25, 0.3) is 22.3 Å². The Labute approximate surface area is 308 Å². The number of rotatable bonds is 6. The maximum atomic E-state index is 2.54. The highest BCUT2D eigenvalue weighted by Crippen LogP contribution is 2.56. The molecule has 6 aliphatic rings. The highest BCUT2D eigenvalue weighted by atomic mass is 14.5. The van der Waals surface area contributed by atoms with Crippen LogP contribution < -0.4 is 0 Å². The monoisotopic (exact) mass is 668 g/mol. The van der Waals surface area contributed by atoms with E-state index < -0.39 is 0 Å². The van der Waals surface area contributed by atoms with Gasteiger partial charge in [-0.05, 0) is 154 Å². The zero-order valence-electron chi connectivity index (χ0n) is 32.1. The van der Waals surface area contributed by atoms with E-state index in [1.807, 2.05) is 0 Å². The molecule has 0 heteroatoms. The Balaban J connectivity index is 1.11. The van der Waals surface area contributed by atoms with Crippen LogP contribution >= 0.6 is 0 Å². The van der Waals surface area contributed by atoms with Crippen molar-refractivity contribution in [2.75, 3.05) is 0 Å². The van der Waals surface area contributed by atoms with Crippen molar-refractivity contribution in [2.45, 2.75) is 105 Å². The number of benzene rings is 2. The molecule has 0 aromatic heterocycles. The van der Waals surface area contributed by atoms with Crippen molar-refractivity contribution >= 4 is 11.1 Å². The fourth-order valence-corrected chi connectivity index (χ4v) is 10.4. The second-order valence-electron chi connectivity index (χ2n) is 16.7. The van der Waals surface area contributed by atoms with Crippen LogP contribution in [0.15, 0.2) is 148 Å². The summed E-state index contributed by atoms with van der Waals surface area (Å²) in [5, 5.41) is 0. The molecule has 0 nitrogen and oxygen atoms in total. The normalized spacial score (nSPS) is 25.0. The quantitative estimate of drug-likeness (QED) is 0.287. The Morgan fingerprint density at radius 1 is 0.745 bits per heavy atom. The first-order valence-corrected chi connectivity index (χ1v) is 20.0. The second kappa shape index (κ2) is 13.1. The number of fused-ring (bicyclic) bond motifs is 7. The fraction of sp³-hybridized carbons (Fsp3) is 0.373. The van der Waals surface area contributed by atoms with Crippen LogP contribution in [0.2, 0.25) is 0 Å². The Hall–Kier alpha value is -4.16. The van der Waals surface area contributed by atoms with E-state index in [0.29, 0.717) is 11.8 Å². The first-order chi connectivity index (χ1) is 24.7. The maximum Gasteiger partial charge on any atom is 0.0206 e. The molecule has 0 bridgehead atoms. The largest absolute Gasteiger partial charge is 0.0829 e. The fourth-order valence-electron chi connectivity index (χ4n) is 10.4. The second-order valence-corrected chi connectivity index (χ2v) is 16.7. The molecule has 8 rings (SSSR count). The molecule has 2 atom stereocenters. The van der Waals surface area contributed by atoms with Gasteiger partial charge in [-0.3, -0.25) is 0 Å². The van der Waals surface area contributed by atoms with E-state index in [4.69, 9.17) is 0 Å². The van der Waals surface area contributed by atoms with Gasteiger partial charge in [-0.2, -0.15) is 0 Å². The van der Waals surface area contributed by atoms with Gasteiger partial charge in [0.15, 0.2) is 0 Å². The van der Waals surface area contributed by atoms with Crippen LogP contribution in [-0.2, 0) is 5.41 Å². The van der Waals surface area contributed by atoms with Crippen molar-refractivity contribution in [3.05, 3.63) is 164 Å². The topological polar surface area (TPSA) is 0 Å². The minimum atomic E-state index is 0.0915. The van der Waals surface area contributed by atoms with Gasteiger partial charge in [-0.1, -0.05) is 138 Å². The standard InChI is InChI=1S/C51H56/c1-8-15-44-45-26-23-38(31-49(45)51(10-3,11-4)48(44)9-2)36-19-13-17-34(29-36)33-16-12-18-35(28-33)37-22-25-42-43-27-24-39(50(5,6)7)32-47(43)41-21-14-20-40(41)46(42)30-37/h9,13,15-17,19-29,31,46-47H,8,10-12,14,18,30,32H2,1-7H3/b44-15-,48-9+. The van der Waals surface area contributed by atoms with Gasteiger partial charge < -0.3 is 0 Å². The lowest BCUT2D eigenvalue weighted by Gasteiger charge is -2.42. The third-order valence-electron chi connectivity index (χ3n) is 13.2. The lowest BCUT2D eigenvalue weighted by Crippen LogP contribution is -2.29. The minimum absolute atomic E-state index is 0.0915. The molecule has 0 saturated heterocycles. The summed E-state index contributed by atoms with van der Waals surface area (Å²) in [5.74, 6) is 1.01. The minimum Gasteiger partial charge on any atom is -0.0829 e. The summed E-state index contributed by atoms with van der Waals surface area (Å²) in [7, 11) is 0. The van der Waals surface area contributed by atoms with Gasteiger partial charge >= 0.3 is 0 Å². The molecular weight excluding hydrogens is 613 g/mol. The van der Waals surface area contributed by atoms with Crippen molar-refractivity contribution in [1.82, 2.24) is 0 Å². The molecule has 2 unspecified atom stereocenters. The van der Waals surface area contributed by atoms with Crippen LogP contribution in [0.4, 0.5) is 0 Å². The van der Waals surface area contributed by atoms with E-state index in [1.54, 1.807) is 27.9 Å². The predicted octanol–water partition coefficient (Wildman–Crippen LogP) is 14.3. The molecule has 0 radical (unpaired) electrons. The number of hydrogen-bond donors (Lipinski definition) is 0. The van der Waals surface area contributed by atoms with Gasteiger partial charge in [-0.25, -0.2) is 0 Å².